The smallest absolute Gasteiger partial charge is 0.285 e. The first-order valence-electron chi connectivity index (χ1n) is 6.97. The zero-order valence-corrected chi connectivity index (χ0v) is 13.2. The number of amidine groups is 1. The van der Waals surface area contributed by atoms with Crippen molar-refractivity contribution in [2.24, 2.45) is 4.40 Å². The predicted molar refractivity (Wildman–Crippen MR) is 84.2 cm³/mol. The van der Waals surface area contributed by atoms with E-state index in [-0.39, 0.29) is 17.3 Å². The van der Waals surface area contributed by atoms with Crippen molar-refractivity contribution in [3.63, 3.8) is 0 Å². The summed E-state index contributed by atoms with van der Waals surface area (Å²) in [5.74, 6) is -0.0868. The van der Waals surface area contributed by atoms with Crippen molar-refractivity contribution < 1.29 is 17.9 Å². The number of hydrogen-bond acceptors (Lipinski definition) is 4. The number of hydrogen-bond donors (Lipinski definition) is 1. The Kier molecular flexibility index (Phi) is 3.91. The molecule has 0 spiro atoms. The van der Waals surface area contributed by atoms with Gasteiger partial charge in [-0.1, -0.05) is 24.3 Å². The van der Waals surface area contributed by atoms with Crippen molar-refractivity contribution in [3.05, 3.63) is 65.5 Å². The highest BCUT2D eigenvalue weighted by atomic mass is 32.2. The van der Waals surface area contributed by atoms with E-state index in [4.69, 9.17) is 0 Å². The normalized spacial score (nSPS) is 16.6. The van der Waals surface area contributed by atoms with Gasteiger partial charge in [0.1, 0.15) is 10.7 Å². The van der Waals surface area contributed by atoms with Crippen molar-refractivity contribution in [1.82, 2.24) is 4.90 Å². The zero-order chi connectivity index (χ0) is 16.6. The summed E-state index contributed by atoms with van der Waals surface area (Å²) in [5.41, 5.74) is 1.06. The number of aliphatic hydroxyl groups is 1. The van der Waals surface area contributed by atoms with E-state index >= 15 is 0 Å². The molecule has 1 aliphatic heterocycles. The van der Waals surface area contributed by atoms with Crippen LogP contribution in [0.1, 0.15) is 17.2 Å². The Morgan fingerprint density at radius 1 is 1.17 bits per heavy atom. The molecule has 3 rings (SSSR count). The van der Waals surface area contributed by atoms with Crippen LogP contribution in [0.2, 0.25) is 0 Å². The molecule has 1 heterocycles. The number of fused-ring (bicyclic) bond motifs is 1. The minimum absolute atomic E-state index is 0.133. The number of likely N-dealkylation sites (N-methyl/N-ethyl adjacent to an activating group) is 1. The van der Waals surface area contributed by atoms with Crippen molar-refractivity contribution in [2.75, 3.05) is 13.6 Å². The molecule has 23 heavy (non-hydrogen) atoms. The third kappa shape index (κ3) is 2.97. The first-order chi connectivity index (χ1) is 10.9. The summed E-state index contributed by atoms with van der Waals surface area (Å²) < 4.78 is 40.8. The molecule has 1 atom stereocenters. The Balaban J connectivity index is 1.84. The molecular formula is C16H15FN2O3S. The van der Waals surface area contributed by atoms with Crippen LogP contribution in [-0.2, 0) is 10.0 Å². The van der Waals surface area contributed by atoms with Crippen LogP contribution in [0.25, 0.3) is 0 Å². The van der Waals surface area contributed by atoms with Crippen LogP contribution in [0.15, 0.2) is 57.8 Å². The summed E-state index contributed by atoms with van der Waals surface area (Å²) in [6.07, 6.45) is -0.890. The molecule has 2 aromatic rings. The minimum Gasteiger partial charge on any atom is -0.387 e. The number of benzene rings is 2. The van der Waals surface area contributed by atoms with Crippen molar-refractivity contribution >= 4 is 15.9 Å². The molecule has 0 aromatic heterocycles. The van der Waals surface area contributed by atoms with Gasteiger partial charge in [0.2, 0.25) is 0 Å². The van der Waals surface area contributed by atoms with Gasteiger partial charge in [-0.15, -0.1) is 4.40 Å². The second-order valence-corrected chi connectivity index (χ2v) is 6.91. The lowest BCUT2D eigenvalue weighted by atomic mass is 10.1. The van der Waals surface area contributed by atoms with Gasteiger partial charge >= 0.3 is 0 Å². The third-order valence-corrected chi connectivity index (χ3v) is 5.00. The van der Waals surface area contributed by atoms with Crippen LogP contribution in [0.5, 0.6) is 0 Å². The van der Waals surface area contributed by atoms with E-state index in [2.05, 4.69) is 4.40 Å². The third-order valence-electron chi connectivity index (χ3n) is 3.68. The topological polar surface area (TPSA) is 70.0 Å². The summed E-state index contributed by atoms with van der Waals surface area (Å²) >= 11 is 0. The molecule has 2 aromatic carbocycles. The molecule has 0 saturated heterocycles. The van der Waals surface area contributed by atoms with Crippen LogP contribution >= 0.6 is 0 Å². The standard InChI is InChI=1S/C16H15FN2O3S/c1-19(10-14(20)11-6-8-12(17)9-7-11)16-13-4-2-3-5-15(13)23(21,22)18-16/h2-9,14,20H,10H2,1H3/t14-/m1/s1. The molecule has 5 nitrogen and oxygen atoms in total. The van der Waals surface area contributed by atoms with E-state index in [0.717, 1.165) is 0 Å². The molecule has 0 fully saturated rings. The fourth-order valence-electron chi connectivity index (χ4n) is 2.50. The SMILES string of the molecule is CN(C[C@@H](O)c1ccc(F)cc1)C1=NS(=O)(=O)c2ccccc21. The van der Waals surface area contributed by atoms with Crippen LogP contribution in [-0.4, -0.2) is 37.9 Å². The summed E-state index contributed by atoms with van der Waals surface area (Å²) in [4.78, 5) is 1.75. The Hall–Kier alpha value is -2.25. The zero-order valence-electron chi connectivity index (χ0n) is 12.3. The molecular weight excluding hydrogens is 319 g/mol. The second-order valence-electron chi connectivity index (χ2n) is 5.33. The predicted octanol–water partition coefficient (Wildman–Crippen LogP) is 1.94. The molecule has 0 amide bonds. The summed E-state index contributed by atoms with van der Waals surface area (Å²) in [5, 5.41) is 10.3. The van der Waals surface area contributed by atoms with Gasteiger partial charge in [0.05, 0.1) is 6.10 Å². The highest BCUT2D eigenvalue weighted by Gasteiger charge is 2.30. The fraction of sp³-hybridized carbons (Fsp3) is 0.188. The number of nitrogens with zero attached hydrogens (tertiary/aromatic N) is 2. The second kappa shape index (κ2) is 5.75. The molecule has 0 radical (unpaired) electrons. The summed E-state index contributed by atoms with van der Waals surface area (Å²) in [6.45, 7) is 0.133. The lowest BCUT2D eigenvalue weighted by Crippen LogP contribution is -2.31. The van der Waals surface area contributed by atoms with E-state index in [1.165, 1.54) is 30.3 Å². The Labute approximate surface area is 133 Å². The molecule has 120 valence electrons. The minimum atomic E-state index is -3.69. The maximum absolute atomic E-state index is 12.9. The highest BCUT2D eigenvalue weighted by Crippen LogP contribution is 2.27. The van der Waals surface area contributed by atoms with Crippen molar-refractivity contribution in [2.45, 2.75) is 11.0 Å². The monoisotopic (exact) mass is 334 g/mol. The average molecular weight is 334 g/mol. The van der Waals surface area contributed by atoms with Gasteiger partial charge in [0.25, 0.3) is 10.0 Å². The van der Waals surface area contributed by atoms with Crippen LogP contribution in [0.4, 0.5) is 4.39 Å². The van der Waals surface area contributed by atoms with E-state index in [1.807, 2.05) is 0 Å². The van der Waals surface area contributed by atoms with Crippen molar-refractivity contribution in [1.29, 1.82) is 0 Å². The Morgan fingerprint density at radius 3 is 2.52 bits per heavy atom. The van der Waals surface area contributed by atoms with Gasteiger partial charge in [-0.3, -0.25) is 0 Å². The summed E-state index contributed by atoms with van der Waals surface area (Å²) in [6, 6.07) is 12.1. The van der Waals surface area contributed by atoms with E-state index in [9.17, 15) is 17.9 Å². The quantitative estimate of drug-likeness (QED) is 0.931. The lowest BCUT2D eigenvalue weighted by molar-refractivity contribution is 0.152. The first-order valence-corrected chi connectivity index (χ1v) is 8.41. The number of rotatable bonds is 3. The molecule has 0 bridgehead atoms. The molecule has 0 saturated carbocycles. The molecule has 0 aliphatic carbocycles. The molecule has 0 unspecified atom stereocenters. The number of aliphatic hydroxyl groups excluding tert-OH is 1. The average Bonchev–Trinajstić information content (AvgIpc) is 2.80. The number of halogens is 1. The molecule has 1 N–H and O–H groups in total. The van der Waals surface area contributed by atoms with Gasteiger partial charge in [-0.05, 0) is 29.8 Å². The lowest BCUT2D eigenvalue weighted by Gasteiger charge is -2.22. The van der Waals surface area contributed by atoms with Crippen LogP contribution in [0.3, 0.4) is 0 Å². The van der Waals surface area contributed by atoms with Crippen molar-refractivity contribution in [3.8, 4) is 0 Å². The van der Waals surface area contributed by atoms with Gasteiger partial charge in [0, 0.05) is 19.2 Å². The molecule has 1 aliphatic rings. The van der Waals surface area contributed by atoms with Gasteiger partial charge < -0.3 is 10.0 Å². The van der Waals surface area contributed by atoms with Gasteiger partial charge in [-0.2, -0.15) is 8.42 Å². The van der Waals surface area contributed by atoms with E-state index < -0.39 is 16.1 Å². The van der Waals surface area contributed by atoms with Gasteiger partial charge in [-0.25, -0.2) is 4.39 Å². The first kappa shape index (κ1) is 15.6. The maximum Gasteiger partial charge on any atom is 0.285 e. The maximum atomic E-state index is 12.9. The molecule has 7 heteroatoms. The van der Waals surface area contributed by atoms with E-state index in [0.29, 0.717) is 17.0 Å². The summed E-state index contributed by atoms with van der Waals surface area (Å²) in [7, 11) is -2.03. The van der Waals surface area contributed by atoms with Gasteiger partial charge in [0.15, 0.2) is 5.84 Å². The Morgan fingerprint density at radius 2 is 1.83 bits per heavy atom. The van der Waals surface area contributed by atoms with Crippen LogP contribution < -0.4 is 0 Å². The van der Waals surface area contributed by atoms with E-state index in [1.54, 1.807) is 30.1 Å². The largest absolute Gasteiger partial charge is 0.387 e. The van der Waals surface area contributed by atoms with Crippen LogP contribution in [0, 0.1) is 5.82 Å². The number of sulfonamides is 1. The Bertz CT molecular complexity index is 863. The fourth-order valence-corrected chi connectivity index (χ4v) is 3.75. The highest BCUT2D eigenvalue weighted by molar-refractivity contribution is 7.90.